The van der Waals surface area contributed by atoms with Crippen molar-refractivity contribution < 1.29 is 8.42 Å². The molecule has 0 spiro atoms. The lowest BCUT2D eigenvalue weighted by atomic mass is 10.1. The van der Waals surface area contributed by atoms with E-state index >= 15 is 0 Å². The minimum Gasteiger partial charge on any atom is -0.353 e. The van der Waals surface area contributed by atoms with E-state index in [4.69, 9.17) is 0 Å². The minimum atomic E-state index is -4.04. The maximum atomic E-state index is 13.4. The summed E-state index contributed by atoms with van der Waals surface area (Å²) in [6.07, 6.45) is 6.32. The maximum absolute atomic E-state index is 13.4. The Bertz CT molecular complexity index is 1030. The molecule has 1 aliphatic heterocycles. The van der Waals surface area contributed by atoms with E-state index in [9.17, 15) is 18.0 Å². The first-order valence-corrected chi connectivity index (χ1v) is 10.1. The molecular formula is C17H24N4O4S. The van der Waals surface area contributed by atoms with Crippen molar-refractivity contribution >= 4 is 10.0 Å². The first-order valence-electron chi connectivity index (χ1n) is 8.65. The third-order valence-electron chi connectivity index (χ3n) is 5.03. The quantitative estimate of drug-likeness (QED) is 0.785. The zero-order valence-electron chi connectivity index (χ0n) is 15.3. The van der Waals surface area contributed by atoms with Crippen molar-refractivity contribution in [1.82, 2.24) is 18.0 Å². The van der Waals surface area contributed by atoms with Gasteiger partial charge in [-0.1, -0.05) is 12.8 Å². The summed E-state index contributed by atoms with van der Waals surface area (Å²) in [5.41, 5.74) is -0.441. The predicted octanol–water partition coefficient (Wildman–Crippen LogP) is 0.728. The van der Waals surface area contributed by atoms with Gasteiger partial charge in [-0.05, 0) is 25.0 Å². The molecule has 1 atom stereocenters. The molecule has 142 valence electrons. The number of hydrogen-bond acceptors (Lipinski definition) is 4. The van der Waals surface area contributed by atoms with Gasteiger partial charge in [0.05, 0.1) is 6.04 Å². The molecule has 3 rings (SSSR count). The van der Waals surface area contributed by atoms with Gasteiger partial charge in [0.15, 0.2) is 4.90 Å². The summed E-state index contributed by atoms with van der Waals surface area (Å²) in [4.78, 5) is 24.1. The van der Waals surface area contributed by atoms with E-state index in [-0.39, 0.29) is 10.9 Å². The van der Waals surface area contributed by atoms with Gasteiger partial charge in [-0.25, -0.2) is 13.2 Å². The van der Waals surface area contributed by atoms with Gasteiger partial charge in [-0.2, -0.15) is 4.31 Å². The average molecular weight is 380 g/mol. The summed E-state index contributed by atoms with van der Waals surface area (Å²) in [5.74, 6) is 0. The van der Waals surface area contributed by atoms with Crippen LogP contribution in [0, 0.1) is 0 Å². The van der Waals surface area contributed by atoms with Crippen LogP contribution in [0.4, 0.5) is 0 Å². The highest BCUT2D eigenvalue weighted by atomic mass is 32.2. The fourth-order valence-electron chi connectivity index (χ4n) is 3.56. The third-order valence-corrected chi connectivity index (χ3v) is 6.92. The largest absolute Gasteiger partial charge is 0.353 e. The van der Waals surface area contributed by atoms with Crippen LogP contribution in [-0.2, 0) is 31.2 Å². The van der Waals surface area contributed by atoms with Gasteiger partial charge in [0.2, 0.25) is 0 Å². The Morgan fingerprint density at radius 3 is 2.42 bits per heavy atom. The molecule has 0 aliphatic carbocycles. The van der Waals surface area contributed by atoms with E-state index in [0.717, 1.165) is 40.3 Å². The van der Waals surface area contributed by atoms with Gasteiger partial charge < -0.3 is 9.13 Å². The number of nitrogens with zero attached hydrogens (tertiary/aromatic N) is 4. The molecule has 0 amide bonds. The van der Waals surface area contributed by atoms with Crippen LogP contribution >= 0.6 is 0 Å². The van der Waals surface area contributed by atoms with E-state index in [1.807, 2.05) is 29.9 Å². The summed E-state index contributed by atoms with van der Waals surface area (Å²) in [6, 6.07) is 3.47. The van der Waals surface area contributed by atoms with Crippen molar-refractivity contribution in [3.63, 3.8) is 0 Å². The van der Waals surface area contributed by atoms with Crippen molar-refractivity contribution in [2.24, 2.45) is 21.1 Å². The fourth-order valence-corrected chi connectivity index (χ4v) is 5.38. The van der Waals surface area contributed by atoms with E-state index in [0.29, 0.717) is 13.0 Å². The second-order valence-electron chi connectivity index (χ2n) is 6.78. The zero-order valence-corrected chi connectivity index (χ0v) is 16.1. The number of aryl methyl sites for hydroxylation is 2. The van der Waals surface area contributed by atoms with Crippen LogP contribution in [-0.4, -0.2) is 33.0 Å². The average Bonchev–Trinajstić information content (AvgIpc) is 2.87. The van der Waals surface area contributed by atoms with Gasteiger partial charge in [0, 0.05) is 45.8 Å². The first kappa shape index (κ1) is 18.7. The van der Waals surface area contributed by atoms with Crippen molar-refractivity contribution in [1.29, 1.82) is 0 Å². The third kappa shape index (κ3) is 3.05. The summed E-state index contributed by atoms with van der Waals surface area (Å²) in [5, 5.41) is 0. The summed E-state index contributed by atoms with van der Waals surface area (Å²) in [6.45, 7) is 0.351. The zero-order chi connectivity index (χ0) is 19.1. The molecule has 0 saturated carbocycles. The highest BCUT2D eigenvalue weighted by Crippen LogP contribution is 2.33. The van der Waals surface area contributed by atoms with Crippen molar-refractivity contribution in [2.45, 2.75) is 36.6 Å². The highest BCUT2D eigenvalue weighted by molar-refractivity contribution is 7.89. The Morgan fingerprint density at radius 2 is 1.77 bits per heavy atom. The molecule has 3 heterocycles. The van der Waals surface area contributed by atoms with Crippen molar-refractivity contribution in [3.05, 3.63) is 51.1 Å². The Balaban J connectivity index is 2.17. The molecule has 1 saturated heterocycles. The second kappa shape index (κ2) is 6.88. The molecule has 0 aromatic carbocycles. The molecule has 0 N–H and O–H groups in total. The summed E-state index contributed by atoms with van der Waals surface area (Å²) < 4.78 is 32.1. The Hall–Kier alpha value is -2.13. The Labute approximate surface area is 152 Å². The van der Waals surface area contributed by atoms with Crippen LogP contribution in [0.5, 0.6) is 0 Å². The standard InChI is InChI=1S/C17H24N4O4S/c1-18-10-7-9-13(18)14-8-5-4-6-11-21(14)26(24,25)15-12-19(2)17(23)20(3)16(15)22/h7,9-10,12,14H,4-6,8,11H2,1-3H3. The fraction of sp³-hybridized carbons (Fsp3) is 0.529. The van der Waals surface area contributed by atoms with Gasteiger partial charge in [-0.3, -0.25) is 9.36 Å². The van der Waals surface area contributed by atoms with Gasteiger partial charge in [0.1, 0.15) is 0 Å². The van der Waals surface area contributed by atoms with Crippen LogP contribution in [0.25, 0.3) is 0 Å². The number of sulfonamides is 1. The lowest BCUT2D eigenvalue weighted by Crippen LogP contribution is -2.43. The molecule has 0 bridgehead atoms. The van der Waals surface area contributed by atoms with Crippen LogP contribution < -0.4 is 11.2 Å². The smallest absolute Gasteiger partial charge is 0.330 e. The monoisotopic (exact) mass is 380 g/mol. The van der Waals surface area contributed by atoms with E-state index in [1.165, 1.54) is 18.4 Å². The van der Waals surface area contributed by atoms with Crippen LogP contribution in [0.3, 0.4) is 0 Å². The summed E-state index contributed by atoms with van der Waals surface area (Å²) >= 11 is 0. The Morgan fingerprint density at radius 1 is 1.04 bits per heavy atom. The van der Waals surface area contributed by atoms with Crippen molar-refractivity contribution in [3.8, 4) is 0 Å². The second-order valence-corrected chi connectivity index (χ2v) is 8.63. The molecule has 2 aromatic heterocycles. The SMILES string of the molecule is Cn1cccc1C1CCCCCN1S(=O)(=O)c1cn(C)c(=O)n(C)c1=O. The predicted molar refractivity (Wildman–Crippen MR) is 97.4 cm³/mol. The molecule has 1 aliphatic rings. The van der Waals surface area contributed by atoms with Crippen molar-refractivity contribution in [2.75, 3.05) is 6.54 Å². The molecule has 9 heteroatoms. The normalized spacial score (nSPS) is 19.4. The Kier molecular flexibility index (Phi) is 4.94. The molecule has 1 unspecified atom stereocenters. The van der Waals surface area contributed by atoms with Gasteiger partial charge >= 0.3 is 5.69 Å². The first-order chi connectivity index (χ1) is 12.2. The highest BCUT2D eigenvalue weighted by Gasteiger charge is 2.36. The molecular weight excluding hydrogens is 356 g/mol. The van der Waals surface area contributed by atoms with Gasteiger partial charge in [0.25, 0.3) is 15.6 Å². The van der Waals surface area contributed by atoms with Crippen LogP contribution in [0.15, 0.2) is 39.0 Å². The maximum Gasteiger partial charge on any atom is 0.330 e. The minimum absolute atomic E-state index is 0.329. The van der Waals surface area contributed by atoms with Crippen LogP contribution in [0.1, 0.15) is 37.4 Å². The number of hydrogen-bond donors (Lipinski definition) is 0. The lowest BCUT2D eigenvalue weighted by Gasteiger charge is -2.29. The topological polar surface area (TPSA) is 86.3 Å². The van der Waals surface area contributed by atoms with E-state index < -0.39 is 21.3 Å². The van der Waals surface area contributed by atoms with E-state index in [1.54, 1.807) is 0 Å². The molecule has 8 nitrogen and oxygen atoms in total. The molecule has 1 fully saturated rings. The number of rotatable bonds is 3. The van der Waals surface area contributed by atoms with Crippen LogP contribution in [0.2, 0.25) is 0 Å². The molecule has 2 aromatic rings. The number of aromatic nitrogens is 3. The molecule has 26 heavy (non-hydrogen) atoms. The lowest BCUT2D eigenvalue weighted by molar-refractivity contribution is 0.317. The molecule has 0 radical (unpaired) electrons. The summed E-state index contributed by atoms with van der Waals surface area (Å²) in [7, 11) is 0.577. The van der Waals surface area contributed by atoms with E-state index in [2.05, 4.69) is 0 Å². The van der Waals surface area contributed by atoms with Gasteiger partial charge in [-0.15, -0.1) is 0 Å².